The standard InChI is InChI=1S/C15H28N2O3/c1-4-9-16(10-5-2)14(20)17-11-7-15(6-3,8-12-17)13(18)19/h4-12H2,1-3H3,(H,18,19). The third kappa shape index (κ3) is 3.64. The Labute approximate surface area is 121 Å². The molecule has 0 aliphatic carbocycles. The molecule has 20 heavy (non-hydrogen) atoms. The number of carbonyl (C=O) groups is 2. The van der Waals surface area contributed by atoms with Gasteiger partial charge in [0.05, 0.1) is 5.41 Å². The third-order valence-corrected chi connectivity index (χ3v) is 4.38. The molecule has 1 aliphatic heterocycles. The summed E-state index contributed by atoms with van der Waals surface area (Å²) in [6.45, 7) is 8.73. The minimum Gasteiger partial charge on any atom is -0.481 e. The van der Waals surface area contributed by atoms with Gasteiger partial charge in [-0.3, -0.25) is 4.79 Å². The van der Waals surface area contributed by atoms with Crippen LogP contribution < -0.4 is 0 Å². The number of rotatable bonds is 6. The van der Waals surface area contributed by atoms with E-state index in [1.165, 1.54) is 0 Å². The van der Waals surface area contributed by atoms with Crippen LogP contribution in [0.4, 0.5) is 4.79 Å². The summed E-state index contributed by atoms with van der Waals surface area (Å²) >= 11 is 0. The van der Waals surface area contributed by atoms with E-state index >= 15 is 0 Å². The van der Waals surface area contributed by atoms with Gasteiger partial charge in [0.15, 0.2) is 0 Å². The van der Waals surface area contributed by atoms with Crippen molar-refractivity contribution >= 4 is 12.0 Å². The lowest BCUT2D eigenvalue weighted by molar-refractivity contribution is -0.152. The molecule has 0 saturated carbocycles. The highest BCUT2D eigenvalue weighted by atomic mass is 16.4. The Bertz CT molecular complexity index is 330. The molecular weight excluding hydrogens is 256 g/mol. The first-order valence-electron chi connectivity index (χ1n) is 7.78. The highest BCUT2D eigenvalue weighted by Crippen LogP contribution is 2.35. The molecule has 5 nitrogen and oxygen atoms in total. The molecule has 1 fully saturated rings. The first-order chi connectivity index (χ1) is 9.50. The minimum atomic E-state index is -0.717. The van der Waals surface area contributed by atoms with Crippen molar-refractivity contribution in [3.05, 3.63) is 0 Å². The van der Waals surface area contributed by atoms with Gasteiger partial charge in [-0.2, -0.15) is 0 Å². The van der Waals surface area contributed by atoms with E-state index in [1.807, 2.05) is 16.7 Å². The van der Waals surface area contributed by atoms with Crippen molar-refractivity contribution in [1.82, 2.24) is 9.80 Å². The van der Waals surface area contributed by atoms with Crippen LogP contribution in [0.15, 0.2) is 0 Å². The minimum absolute atomic E-state index is 0.0730. The maximum absolute atomic E-state index is 12.5. The molecule has 0 aromatic rings. The third-order valence-electron chi connectivity index (χ3n) is 4.38. The van der Waals surface area contributed by atoms with Crippen LogP contribution in [0.5, 0.6) is 0 Å². The summed E-state index contributed by atoms with van der Waals surface area (Å²) in [6.07, 6.45) is 3.67. The number of piperidine rings is 1. The molecule has 0 aromatic carbocycles. The van der Waals surface area contributed by atoms with Gasteiger partial charge < -0.3 is 14.9 Å². The second kappa shape index (κ2) is 7.50. The van der Waals surface area contributed by atoms with Crippen LogP contribution in [0.1, 0.15) is 52.9 Å². The average Bonchev–Trinajstić information content (AvgIpc) is 2.46. The molecule has 1 aliphatic rings. The van der Waals surface area contributed by atoms with Gasteiger partial charge in [0.25, 0.3) is 0 Å². The summed E-state index contributed by atoms with van der Waals surface area (Å²) < 4.78 is 0. The van der Waals surface area contributed by atoms with Crippen LogP contribution in [0.25, 0.3) is 0 Å². The van der Waals surface area contributed by atoms with Crippen molar-refractivity contribution in [2.75, 3.05) is 26.2 Å². The van der Waals surface area contributed by atoms with Crippen molar-refractivity contribution in [2.24, 2.45) is 5.41 Å². The number of carbonyl (C=O) groups excluding carboxylic acids is 1. The van der Waals surface area contributed by atoms with Gasteiger partial charge >= 0.3 is 12.0 Å². The van der Waals surface area contributed by atoms with Gasteiger partial charge in [-0.25, -0.2) is 4.79 Å². The topological polar surface area (TPSA) is 60.9 Å². The van der Waals surface area contributed by atoms with Crippen molar-refractivity contribution < 1.29 is 14.7 Å². The van der Waals surface area contributed by atoms with Gasteiger partial charge in [-0.1, -0.05) is 20.8 Å². The first-order valence-corrected chi connectivity index (χ1v) is 7.78. The summed E-state index contributed by atoms with van der Waals surface area (Å²) in [6, 6.07) is 0.0730. The molecule has 0 radical (unpaired) electrons. The SMILES string of the molecule is CCCN(CCC)C(=O)N1CCC(CC)(C(=O)O)CC1. The Balaban J connectivity index is 2.63. The number of nitrogens with zero attached hydrogens (tertiary/aromatic N) is 2. The lowest BCUT2D eigenvalue weighted by Crippen LogP contribution is -2.51. The molecule has 2 amide bonds. The quantitative estimate of drug-likeness (QED) is 0.816. The van der Waals surface area contributed by atoms with Crippen LogP contribution in [0.2, 0.25) is 0 Å². The Morgan fingerprint density at radius 1 is 1.10 bits per heavy atom. The molecule has 1 rings (SSSR count). The lowest BCUT2D eigenvalue weighted by atomic mass is 9.76. The van der Waals surface area contributed by atoms with Gasteiger partial charge in [0.1, 0.15) is 0 Å². The zero-order valence-corrected chi connectivity index (χ0v) is 13.0. The number of urea groups is 1. The van der Waals surface area contributed by atoms with E-state index < -0.39 is 11.4 Å². The van der Waals surface area contributed by atoms with E-state index in [9.17, 15) is 14.7 Å². The normalized spacial score (nSPS) is 17.9. The monoisotopic (exact) mass is 284 g/mol. The number of hydrogen-bond donors (Lipinski definition) is 1. The predicted octanol–water partition coefficient (Wildman–Crippen LogP) is 2.81. The highest BCUT2D eigenvalue weighted by molar-refractivity contribution is 5.77. The molecule has 0 atom stereocenters. The van der Waals surface area contributed by atoms with E-state index in [0.717, 1.165) is 25.9 Å². The van der Waals surface area contributed by atoms with Crippen LogP contribution in [0.3, 0.4) is 0 Å². The second-order valence-electron chi connectivity index (χ2n) is 5.70. The molecular formula is C15H28N2O3. The Kier molecular flexibility index (Phi) is 6.30. The lowest BCUT2D eigenvalue weighted by Gasteiger charge is -2.40. The molecule has 1 saturated heterocycles. The molecule has 116 valence electrons. The van der Waals surface area contributed by atoms with E-state index in [0.29, 0.717) is 32.4 Å². The summed E-state index contributed by atoms with van der Waals surface area (Å²) in [5.41, 5.74) is -0.628. The van der Waals surface area contributed by atoms with Crippen molar-refractivity contribution in [3.63, 3.8) is 0 Å². The van der Waals surface area contributed by atoms with E-state index in [1.54, 1.807) is 0 Å². The fourth-order valence-electron chi connectivity index (χ4n) is 2.89. The Hall–Kier alpha value is -1.26. The Morgan fingerprint density at radius 3 is 1.95 bits per heavy atom. The molecule has 0 unspecified atom stereocenters. The van der Waals surface area contributed by atoms with Crippen LogP contribution >= 0.6 is 0 Å². The zero-order valence-electron chi connectivity index (χ0n) is 13.0. The summed E-state index contributed by atoms with van der Waals surface area (Å²) in [5.74, 6) is -0.717. The van der Waals surface area contributed by atoms with Crippen LogP contribution in [-0.2, 0) is 4.79 Å². The van der Waals surface area contributed by atoms with Crippen LogP contribution in [0, 0.1) is 5.41 Å². The summed E-state index contributed by atoms with van der Waals surface area (Å²) in [4.78, 5) is 27.6. The van der Waals surface area contributed by atoms with Crippen molar-refractivity contribution in [1.29, 1.82) is 0 Å². The van der Waals surface area contributed by atoms with Crippen LogP contribution in [-0.4, -0.2) is 53.1 Å². The molecule has 1 N–H and O–H groups in total. The number of carboxylic acids is 1. The number of likely N-dealkylation sites (tertiary alicyclic amines) is 1. The van der Waals surface area contributed by atoms with Crippen molar-refractivity contribution in [2.45, 2.75) is 52.9 Å². The molecule has 5 heteroatoms. The maximum Gasteiger partial charge on any atom is 0.319 e. The number of hydrogen-bond acceptors (Lipinski definition) is 2. The molecule has 0 aromatic heterocycles. The molecule has 0 bridgehead atoms. The number of amides is 2. The predicted molar refractivity (Wildman–Crippen MR) is 78.7 cm³/mol. The van der Waals surface area contributed by atoms with Gasteiger partial charge in [0, 0.05) is 26.2 Å². The first kappa shape index (κ1) is 16.8. The summed E-state index contributed by atoms with van der Waals surface area (Å²) in [7, 11) is 0. The second-order valence-corrected chi connectivity index (χ2v) is 5.70. The largest absolute Gasteiger partial charge is 0.481 e. The smallest absolute Gasteiger partial charge is 0.319 e. The molecule has 0 spiro atoms. The van der Waals surface area contributed by atoms with Gasteiger partial charge in [0.2, 0.25) is 0 Å². The Morgan fingerprint density at radius 2 is 1.60 bits per heavy atom. The number of aliphatic carboxylic acids is 1. The van der Waals surface area contributed by atoms with Gasteiger partial charge in [-0.05, 0) is 32.1 Å². The molecule has 1 heterocycles. The van der Waals surface area contributed by atoms with E-state index in [2.05, 4.69) is 13.8 Å². The zero-order chi connectivity index (χ0) is 15.2. The number of carboxylic acid groups (broad SMARTS) is 1. The fraction of sp³-hybridized carbons (Fsp3) is 0.867. The van der Waals surface area contributed by atoms with E-state index in [4.69, 9.17) is 0 Å². The maximum atomic E-state index is 12.5. The fourth-order valence-corrected chi connectivity index (χ4v) is 2.89. The summed E-state index contributed by atoms with van der Waals surface area (Å²) in [5, 5.41) is 9.38. The van der Waals surface area contributed by atoms with Crippen molar-refractivity contribution in [3.8, 4) is 0 Å². The van der Waals surface area contributed by atoms with Gasteiger partial charge in [-0.15, -0.1) is 0 Å². The average molecular weight is 284 g/mol. The van der Waals surface area contributed by atoms with E-state index in [-0.39, 0.29) is 6.03 Å². The highest BCUT2D eigenvalue weighted by Gasteiger charge is 2.41.